The molecular weight excluding hydrogens is 343 g/mol. The van der Waals surface area contributed by atoms with Gasteiger partial charge in [0.25, 0.3) is 0 Å². The second-order valence-electron chi connectivity index (χ2n) is 6.04. The summed E-state index contributed by atoms with van der Waals surface area (Å²) < 4.78 is 0. The number of hydrogen-bond acceptors (Lipinski definition) is 2. The van der Waals surface area contributed by atoms with Crippen LogP contribution in [0.5, 0.6) is 0 Å². The first-order valence-electron chi connectivity index (χ1n) is 8.90. The van der Waals surface area contributed by atoms with Crippen molar-refractivity contribution >= 4 is 35.3 Å². The maximum absolute atomic E-state index is 11.7. The molecule has 0 unspecified atom stereocenters. The fourth-order valence-corrected chi connectivity index (χ4v) is 2.89. The highest BCUT2D eigenvalue weighted by Gasteiger charge is 2.01. The first-order chi connectivity index (χ1) is 11.6. The summed E-state index contributed by atoms with van der Waals surface area (Å²) in [5, 5.41) is 5.03. The second kappa shape index (κ2) is 13.3. The van der Waals surface area contributed by atoms with Crippen molar-refractivity contribution in [1.82, 2.24) is 5.43 Å². The number of rotatable bonds is 12. The first kappa shape index (κ1) is 21.0. The van der Waals surface area contributed by atoms with Crippen molar-refractivity contribution < 1.29 is 4.79 Å². The molecule has 0 heterocycles. The monoisotopic (exact) mass is 370 g/mol. The Hall–Kier alpha value is -1.06. The molecule has 1 aromatic rings. The molecule has 24 heavy (non-hydrogen) atoms. The molecule has 0 saturated heterocycles. The number of hydrogen-bond donors (Lipinski definition) is 1. The molecule has 0 radical (unpaired) electrons. The van der Waals surface area contributed by atoms with Gasteiger partial charge in [-0.2, -0.15) is 5.10 Å². The lowest BCUT2D eigenvalue weighted by Gasteiger charge is -2.02. The standard InChI is InChI=1S/C19H28Cl2N2O/c1-2-3-4-5-6-7-8-9-10-11-19(24)23-22-15-16-12-13-17(20)14-18(16)21/h12-15H,2-11H2,1H3,(H,23,24)/b22-15+. The number of carbonyl (C=O) groups is 1. The predicted molar refractivity (Wildman–Crippen MR) is 104 cm³/mol. The molecule has 5 heteroatoms. The van der Waals surface area contributed by atoms with Gasteiger partial charge in [0.2, 0.25) is 5.91 Å². The number of benzene rings is 1. The van der Waals surface area contributed by atoms with Gasteiger partial charge in [-0.3, -0.25) is 4.79 Å². The van der Waals surface area contributed by atoms with Gasteiger partial charge in [0.1, 0.15) is 0 Å². The third kappa shape index (κ3) is 9.94. The lowest BCUT2D eigenvalue weighted by Crippen LogP contribution is -2.16. The van der Waals surface area contributed by atoms with E-state index in [-0.39, 0.29) is 5.91 Å². The molecule has 0 saturated carbocycles. The highest BCUT2D eigenvalue weighted by Crippen LogP contribution is 2.19. The molecule has 1 rings (SSSR count). The maximum atomic E-state index is 11.7. The van der Waals surface area contributed by atoms with Crippen molar-refractivity contribution in [3.8, 4) is 0 Å². The van der Waals surface area contributed by atoms with Crippen molar-refractivity contribution in [2.45, 2.75) is 71.1 Å². The molecule has 1 amide bonds. The summed E-state index contributed by atoms with van der Waals surface area (Å²) in [6.07, 6.45) is 13.2. The number of carbonyl (C=O) groups excluding carboxylic acids is 1. The fraction of sp³-hybridized carbons (Fsp3) is 0.579. The van der Waals surface area contributed by atoms with Gasteiger partial charge in [0, 0.05) is 17.0 Å². The topological polar surface area (TPSA) is 41.5 Å². The molecule has 0 aromatic heterocycles. The van der Waals surface area contributed by atoms with E-state index < -0.39 is 0 Å². The fourth-order valence-electron chi connectivity index (χ4n) is 2.43. The van der Waals surface area contributed by atoms with E-state index >= 15 is 0 Å². The van der Waals surface area contributed by atoms with E-state index in [1.807, 2.05) is 0 Å². The minimum Gasteiger partial charge on any atom is -0.273 e. The lowest BCUT2D eigenvalue weighted by molar-refractivity contribution is -0.121. The van der Waals surface area contributed by atoms with E-state index in [0.29, 0.717) is 16.5 Å². The maximum Gasteiger partial charge on any atom is 0.240 e. The summed E-state index contributed by atoms with van der Waals surface area (Å²) >= 11 is 11.9. The molecule has 0 bridgehead atoms. The van der Waals surface area contributed by atoms with E-state index in [1.165, 1.54) is 51.2 Å². The Balaban J connectivity index is 2.07. The molecule has 0 fully saturated rings. The molecule has 0 aliphatic heterocycles. The SMILES string of the molecule is CCCCCCCCCCCC(=O)N/N=C/c1ccc(Cl)cc1Cl. The van der Waals surface area contributed by atoms with Crippen LogP contribution in [0, 0.1) is 0 Å². The van der Waals surface area contributed by atoms with Crippen molar-refractivity contribution in [3.63, 3.8) is 0 Å². The smallest absolute Gasteiger partial charge is 0.240 e. The molecule has 0 aliphatic rings. The largest absolute Gasteiger partial charge is 0.273 e. The zero-order valence-corrected chi connectivity index (χ0v) is 16.0. The Labute approximate surface area is 155 Å². The third-order valence-electron chi connectivity index (χ3n) is 3.86. The van der Waals surface area contributed by atoms with Crippen molar-refractivity contribution in [2.24, 2.45) is 5.10 Å². The minimum atomic E-state index is -0.0562. The molecular formula is C19H28Cl2N2O. The van der Waals surface area contributed by atoms with Crippen LogP contribution < -0.4 is 5.43 Å². The Kier molecular flexibility index (Phi) is 11.6. The van der Waals surface area contributed by atoms with Gasteiger partial charge in [-0.25, -0.2) is 5.43 Å². The quantitative estimate of drug-likeness (QED) is 0.259. The number of unbranched alkanes of at least 4 members (excludes halogenated alkanes) is 8. The molecule has 134 valence electrons. The van der Waals surface area contributed by atoms with Crippen LogP contribution in [0.3, 0.4) is 0 Å². The van der Waals surface area contributed by atoms with E-state index in [9.17, 15) is 4.79 Å². The zero-order valence-electron chi connectivity index (χ0n) is 14.5. The highest BCUT2D eigenvalue weighted by atomic mass is 35.5. The summed E-state index contributed by atoms with van der Waals surface area (Å²) in [4.78, 5) is 11.7. The van der Waals surface area contributed by atoms with Gasteiger partial charge in [-0.1, -0.05) is 87.6 Å². The highest BCUT2D eigenvalue weighted by molar-refractivity contribution is 6.36. The van der Waals surface area contributed by atoms with Crippen LogP contribution in [0.1, 0.15) is 76.7 Å². The van der Waals surface area contributed by atoms with Gasteiger partial charge in [0.05, 0.1) is 11.2 Å². The molecule has 3 nitrogen and oxygen atoms in total. The first-order valence-corrected chi connectivity index (χ1v) is 9.66. The van der Waals surface area contributed by atoms with E-state index in [0.717, 1.165) is 18.4 Å². The van der Waals surface area contributed by atoms with Crippen LogP contribution in [-0.2, 0) is 4.79 Å². The summed E-state index contributed by atoms with van der Waals surface area (Å²) in [5.41, 5.74) is 3.26. The molecule has 0 aliphatic carbocycles. The van der Waals surface area contributed by atoms with Crippen molar-refractivity contribution in [1.29, 1.82) is 0 Å². The average Bonchev–Trinajstić information content (AvgIpc) is 2.55. The number of nitrogens with one attached hydrogen (secondary N) is 1. The van der Waals surface area contributed by atoms with Crippen LogP contribution >= 0.6 is 23.2 Å². The second-order valence-corrected chi connectivity index (χ2v) is 6.88. The van der Waals surface area contributed by atoms with Gasteiger partial charge < -0.3 is 0 Å². The van der Waals surface area contributed by atoms with Gasteiger partial charge in [-0.15, -0.1) is 0 Å². The Bertz CT molecular complexity index is 518. The van der Waals surface area contributed by atoms with Gasteiger partial charge in [0.15, 0.2) is 0 Å². The number of amides is 1. The minimum absolute atomic E-state index is 0.0562. The van der Waals surface area contributed by atoms with Gasteiger partial charge >= 0.3 is 0 Å². The number of hydrazone groups is 1. The third-order valence-corrected chi connectivity index (χ3v) is 4.43. The van der Waals surface area contributed by atoms with Crippen LogP contribution in [-0.4, -0.2) is 12.1 Å². The predicted octanol–water partition coefficient (Wildman–Crippen LogP) is 6.36. The Morgan fingerprint density at radius 1 is 1.04 bits per heavy atom. The summed E-state index contributed by atoms with van der Waals surface area (Å²) in [6.45, 7) is 2.24. The average molecular weight is 371 g/mol. The van der Waals surface area contributed by atoms with Crippen LogP contribution in [0.25, 0.3) is 0 Å². The Morgan fingerprint density at radius 3 is 2.29 bits per heavy atom. The van der Waals surface area contributed by atoms with E-state index in [4.69, 9.17) is 23.2 Å². The molecule has 0 atom stereocenters. The summed E-state index contributed by atoms with van der Waals surface area (Å²) in [7, 11) is 0. The van der Waals surface area contributed by atoms with Gasteiger partial charge in [-0.05, 0) is 18.6 Å². The van der Waals surface area contributed by atoms with Crippen molar-refractivity contribution in [2.75, 3.05) is 0 Å². The normalized spacial score (nSPS) is 11.1. The summed E-state index contributed by atoms with van der Waals surface area (Å²) in [5.74, 6) is -0.0562. The number of halogens is 2. The van der Waals surface area contributed by atoms with Crippen molar-refractivity contribution in [3.05, 3.63) is 33.8 Å². The lowest BCUT2D eigenvalue weighted by atomic mass is 10.1. The van der Waals surface area contributed by atoms with E-state index in [1.54, 1.807) is 18.2 Å². The zero-order chi connectivity index (χ0) is 17.6. The van der Waals surface area contributed by atoms with Crippen LogP contribution in [0.4, 0.5) is 0 Å². The Morgan fingerprint density at radius 2 is 1.67 bits per heavy atom. The summed E-state index contributed by atoms with van der Waals surface area (Å²) in [6, 6.07) is 5.15. The number of nitrogens with zero attached hydrogens (tertiary/aromatic N) is 1. The molecule has 1 N–H and O–H groups in total. The molecule has 1 aromatic carbocycles. The van der Waals surface area contributed by atoms with E-state index in [2.05, 4.69) is 17.5 Å². The van der Waals surface area contributed by atoms with Crippen LogP contribution in [0.2, 0.25) is 10.0 Å². The van der Waals surface area contributed by atoms with Crippen LogP contribution in [0.15, 0.2) is 23.3 Å². The molecule has 0 spiro atoms.